The Labute approximate surface area is 358 Å². The third-order valence-electron chi connectivity index (χ3n) is 10.0. The number of amides is 1. The number of aromatic nitrogens is 1. The van der Waals surface area contributed by atoms with Gasteiger partial charge in [-0.2, -0.15) is 0 Å². The van der Waals surface area contributed by atoms with Crippen molar-refractivity contribution in [2.75, 3.05) is 38.5 Å². The highest BCUT2D eigenvalue weighted by Gasteiger charge is 2.41. The maximum Gasteiger partial charge on any atom is 0.323 e. The molecule has 13 nitrogen and oxygen atoms in total. The van der Waals surface area contributed by atoms with Crippen molar-refractivity contribution in [3.63, 3.8) is 0 Å². The van der Waals surface area contributed by atoms with E-state index in [0.29, 0.717) is 38.5 Å². The summed E-state index contributed by atoms with van der Waals surface area (Å²) in [6.45, 7) is 34.6. The molecule has 58 heavy (non-hydrogen) atoms. The number of ether oxygens (including phenoxy) is 3. The Balaban J connectivity index is 2.61. The van der Waals surface area contributed by atoms with Gasteiger partial charge in [0.2, 0.25) is 5.91 Å². The molecule has 0 aromatic carbocycles. The van der Waals surface area contributed by atoms with Crippen LogP contribution in [0.15, 0.2) is 29.4 Å². The van der Waals surface area contributed by atoms with Gasteiger partial charge in [-0.25, -0.2) is 4.98 Å². The van der Waals surface area contributed by atoms with E-state index in [2.05, 4.69) is 57.6 Å². The van der Waals surface area contributed by atoms with Crippen LogP contribution >= 0.6 is 21.6 Å². The van der Waals surface area contributed by atoms with Crippen LogP contribution in [-0.4, -0.2) is 152 Å². The molecule has 1 saturated heterocycles. The van der Waals surface area contributed by atoms with E-state index < -0.39 is 41.0 Å². The third-order valence-corrected chi connectivity index (χ3v) is 12.3. The lowest BCUT2D eigenvalue weighted by atomic mass is 10.0. The largest absolute Gasteiger partial charge is 0.459 e. The maximum atomic E-state index is 14.0. The second-order valence-corrected chi connectivity index (χ2v) is 21.3. The van der Waals surface area contributed by atoms with Crippen LogP contribution in [0, 0.1) is 0 Å². The number of hydrogen-bond acceptors (Lipinski definition) is 14. The van der Waals surface area contributed by atoms with E-state index in [1.54, 1.807) is 27.8 Å². The Morgan fingerprint density at radius 1 is 0.638 bits per heavy atom. The molecule has 1 aliphatic rings. The lowest BCUT2D eigenvalue weighted by molar-refractivity contribution is -0.167. The molecular formula is C43H76N6O7S2. The van der Waals surface area contributed by atoms with Gasteiger partial charge in [-0.05, 0) is 141 Å². The minimum Gasteiger partial charge on any atom is -0.459 e. The molecule has 1 amide bonds. The Morgan fingerprint density at radius 2 is 0.983 bits per heavy atom. The topological polar surface area (TPSA) is 134 Å². The fraction of sp³-hybridized carbons (Fsp3) is 0.791. The van der Waals surface area contributed by atoms with Crippen LogP contribution in [-0.2, 0) is 33.4 Å². The number of nitrogens with zero attached hydrogens (tertiary/aromatic N) is 5. The van der Waals surface area contributed by atoms with Crippen LogP contribution in [0.4, 0.5) is 0 Å². The zero-order valence-electron chi connectivity index (χ0n) is 38.6. The van der Waals surface area contributed by atoms with Crippen molar-refractivity contribution < 1.29 is 33.4 Å². The summed E-state index contributed by atoms with van der Waals surface area (Å²) < 4.78 is 17.7. The summed E-state index contributed by atoms with van der Waals surface area (Å²) in [6.07, 6.45) is 1.76. The van der Waals surface area contributed by atoms with Crippen LogP contribution in [0.25, 0.3) is 0 Å². The molecule has 8 atom stereocenters. The molecule has 0 bridgehead atoms. The van der Waals surface area contributed by atoms with Crippen molar-refractivity contribution in [1.82, 2.24) is 29.9 Å². The summed E-state index contributed by atoms with van der Waals surface area (Å²) >= 11 is 0. The lowest BCUT2D eigenvalue weighted by Gasteiger charge is -2.47. The normalized spacial score (nSPS) is 23.7. The number of nitrogens with one attached hydrogen (secondary N) is 1. The fourth-order valence-electron chi connectivity index (χ4n) is 7.10. The number of pyridine rings is 1. The highest BCUT2D eigenvalue weighted by Crippen LogP contribution is 2.28. The van der Waals surface area contributed by atoms with E-state index in [0.717, 1.165) is 5.03 Å². The second-order valence-electron chi connectivity index (χ2n) is 18.9. The standard InChI is InChI=1S/C43H76N6O7S2/c1-28-25-47(33(6)38(51)54-41(9,10)11)30(3)27-49(35(8)40(53)56-43(15,16)17)31(4)26-48(34(7)39(52)55-42(12,13)14)29(2)24-46(28)32(5)37(50)45-22-23-57-58-36-20-18-19-21-44-36/h18-21,28-35H,22-27H2,1-17H3,(H,45,50)/t28-,29-,30-,31-,32-,33-,34-,35-/m0/s1. The van der Waals surface area contributed by atoms with Crippen molar-refractivity contribution >= 4 is 45.4 Å². The average molecular weight is 853 g/mol. The Hall–Kier alpha value is -2.43. The molecular weight excluding hydrogens is 777 g/mol. The lowest BCUT2D eigenvalue weighted by Crippen LogP contribution is -2.63. The number of hydrogen-bond donors (Lipinski definition) is 1. The van der Waals surface area contributed by atoms with Crippen molar-refractivity contribution in [2.24, 2.45) is 0 Å². The maximum absolute atomic E-state index is 14.0. The first kappa shape index (κ1) is 51.7. The van der Waals surface area contributed by atoms with Crippen molar-refractivity contribution in [1.29, 1.82) is 0 Å². The molecule has 1 aromatic rings. The van der Waals surface area contributed by atoms with Gasteiger partial charge in [-0.15, -0.1) is 0 Å². The average Bonchev–Trinajstić information content (AvgIpc) is 3.10. The van der Waals surface area contributed by atoms with Gasteiger partial charge in [0.25, 0.3) is 0 Å². The molecule has 1 aromatic heterocycles. The Morgan fingerprint density at radius 3 is 1.29 bits per heavy atom. The van der Waals surface area contributed by atoms with Gasteiger partial charge in [0.1, 0.15) is 40.0 Å². The van der Waals surface area contributed by atoms with Gasteiger partial charge < -0.3 is 19.5 Å². The van der Waals surface area contributed by atoms with Gasteiger partial charge in [0.15, 0.2) is 0 Å². The van der Waals surface area contributed by atoms with Crippen LogP contribution in [0.2, 0.25) is 0 Å². The molecule has 0 saturated carbocycles. The SMILES string of the molecule is C[C@H]1CN([C@@H](C)C(=O)OC(C)(C)C)[C@@H](C)CN([C@@H](C)C(=O)OC(C)(C)C)[C@@H](C)CN([C@@H](C)C(=O)OC(C)(C)C)[C@@H](C)CN1[C@@H](C)C(=O)NCCSSc1ccccn1. The smallest absolute Gasteiger partial charge is 0.323 e. The molecule has 1 aliphatic heterocycles. The van der Waals surface area contributed by atoms with Gasteiger partial charge in [-0.1, -0.05) is 16.9 Å². The third kappa shape index (κ3) is 17.3. The van der Waals surface area contributed by atoms with E-state index in [9.17, 15) is 19.2 Å². The first-order valence-corrected chi connectivity index (χ1v) is 23.1. The van der Waals surface area contributed by atoms with Crippen molar-refractivity contribution in [2.45, 2.75) is 188 Å². The molecule has 15 heteroatoms. The molecule has 2 heterocycles. The number of esters is 3. The van der Waals surface area contributed by atoms with Crippen molar-refractivity contribution in [3.05, 3.63) is 24.4 Å². The molecule has 332 valence electrons. The molecule has 2 rings (SSSR count). The van der Waals surface area contributed by atoms with Crippen LogP contribution < -0.4 is 5.32 Å². The Bertz CT molecular complexity index is 1440. The first-order chi connectivity index (χ1) is 26.6. The van der Waals surface area contributed by atoms with Gasteiger partial charge >= 0.3 is 17.9 Å². The van der Waals surface area contributed by atoms with Crippen LogP contribution in [0.3, 0.4) is 0 Å². The molecule has 0 radical (unpaired) electrons. The summed E-state index contributed by atoms with van der Waals surface area (Å²) in [5.41, 5.74) is -2.06. The molecule has 0 spiro atoms. The van der Waals surface area contributed by atoms with E-state index in [1.807, 2.05) is 108 Å². The summed E-state index contributed by atoms with van der Waals surface area (Å²) in [5, 5.41) is 4.06. The van der Waals surface area contributed by atoms with E-state index in [1.165, 1.54) is 0 Å². The predicted octanol–water partition coefficient (Wildman–Crippen LogP) is 6.29. The molecule has 1 fully saturated rings. The number of carbonyl (C=O) groups excluding carboxylic acids is 4. The minimum atomic E-state index is -0.685. The highest BCUT2D eigenvalue weighted by molar-refractivity contribution is 8.76. The summed E-state index contributed by atoms with van der Waals surface area (Å²) in [7, 11) is 3.20. The molecule has 0 aliphatic carbocycles. The van der Waals surface area contributed by atoms with Crippen LogP contribution in [0.5, 0.6) is 0 Å². The van der Waals surface area contributed by atoms with Gasteiger partial charge in [0, 0.05) is 68.8 Å². The van der Waals surface area contributed by atoms with Crippen molar-refractivity contribution in [3.8, 4) is 0 Å². The van der Waals surface area contributed by atoms with E-state index in [-0.39, 0.29) is 48.0 Å². The number of carbonyl (C=O) groups is 4. The van der Waals surface area contributed by atoms with Gasteiger partial charge in [-0.3, -0.25) is 38.8 Å². The van der Waals surface area contributed by atoms with Crippen LogP contribution in [0.1, 0.15) is 118 Å². The number of rotatable bonds is 13. The molecule has 1 N–H and O–H groups in total. The monoisotopic (exact) mass is 853 g/mol. The quantitative estimate of drug-likeness (QED) is 0.103. The molecule has 0 unspecified atom stereocenters. The predicted molar refractivity (Wildman–Crippen MR) is 236 cm³/mol. The fourth-order valence-corrected chi connectivity index (χ4v) is 8.88. The summed E-state index contributed by atoms with van der Waals surface area (Å²) in [5.74, 6) is -0.447. The zero-order valence-corrected chi connectivity index (χ0v) is 40.2. The second kappa shape index (κ2) is 22.4. The summed E-state index contributed by atoms with van der Waals surface area (Å²) in [4.78, 5) is 68.1. The highest BCUT2D eigenvalue weighted by atomic mass is 33.1. The van der Waals surface area contributed by atoms with E-state index >= 15 is 0 Å². The first-order valence-electron chi connectivity index (χ1n) is 20.8. The van der Waals surface area contributed by atoms with Gasteiger partial charge in [0.05, 0.1) is 6.04 Å². The Kier molecular flexibility index (Phi) is 20.0. The summed E-state index contributed by atoms with van der Waals surface area (Å²) in [6, 6.07) is 2.40. The van der Waals surface area contributed by atoms with E-state index in [4.69, 9.17) is 14.2 Å². The minimum absolute atomic E-state index is 0.105. The zero-order chi connectivity index (χ0) is 44.3.